The van der Waals surface area contributed by atoms with Crippen molar-refractivity contribution >= 4 is 35.0 Å². The molecule has 0 unspecified atom stereocenters. The highest BCUT2D eigenvalue weighted by Crippen LogP contribution is 2.30. The molecule has 0 saturated carbocycles. The van der Waals surface area contributed by atoms with Gasteiger partial charge in [-0.15, -0.1) is 23.4 Å². The van der Waals surface area contributed by atoms with Crippen LogP contribution >= 0.6 is 23.4 Å². The molecule has 0 bridgehead atoms. The topological polar surface area (TPSA) is 69.0 Å². The number of anilines is 1. The smallest absolute Gasteiger partial charge is 0.404 e. The first kappa shape index (κ1) is 21.0. The fraction of sp³-hybridized carbons (Fsp3) is 0.167. The number of ether oxygens (including phenoxy) is 1. The maximum atomic E-state index is 12.5. The van der Waals surface area contributed by atoms with Crippen LogP contribution in [0.5, 0.6) is 5.75 Å². The number of aromatic nitrogens is 3. The van der Waals surface area contributed by atoms with Gasteiger partial charge in [0.25, 0.3) is 0 Å². The summed E-state index contributed by atoms with van der Waals surface area (Å²) in [5.41, 5.74) is 0.731. The molecule has 0 radical (unpaired) electrons. The SMILES string of the molecule is Cn1c(SCC(=O)Nc2ccccc2OC(F)(F)F)nnc1-c1ccc(Cl)cc1. The van der Waals surface area contributed by atoms with Crippen LogP contribution in [0.2, 0.25) is 5.02 Å². The molecule has 11 heteroatoms. The molecule has 0 atom stereocenters. The van der Waals surface area contributed by atoms with Crippen molar-refractivity contribution in [3.8, 4) is 17.1 Å². The lowest BCUT2D eigenvalue weighted by Gasteiger charge is -2.13. The van der Waals surface area contributed by atoms with Gasteiger partial charge in [-0.1, -0.05) is 35.5 Å². The van der Waals surface area contributed by atoms with Crippen molar-refractivity contribution < 1.29 is 22.7 Å². The predicted molar refractivity (Wildman–Crippen MR) is 104 cm³/mol. The third-order valence-corrected chi connectivity index (χ3v) is 4.93. The minimum absolute atomic E-state index is 0.0738. The predicted octanol–water partition coefficient (Wildman–Crippen LogP) is 4.76. The lowest BCUT2D eigenvalue weighted by molar-refractivity contribution is -0.274. The molecule has 29 heavy (non-hydrogen) atoms. The van der Waals surface area contributed by atoms with Gasteiger partial charge in [-0.3, -0.25) is 4.79 Å². The number of nitrogens with zero attached hydrogens (tertiary/aromatic N) is 3. The number of nitrogens with one attached hydrogen (secondary N) is 1. The van der Waals surface area contributed by atoms with Gasteiger partial charge in [0.1, 0.15) is 0 Å². The number of carbonyl (C=O) groups excluding carboxylic acids is 1. The first-order chi connectivity index (χ1) is 13.7. The van der Waals surface area contributed by atoms with E-state index < -0.39 is 18.0 Å². The molecule has 0 aliphatic heterocycles. The summed E-state index contributed by atoms with van der Waals surface area (Å²) < 4.78 is 43.0. The monoisotopic (exact) mass is 442 g/mol. The van der Waals surface area contributed by atoms with Crippen molar-refractivity contribution in [1.29, 1.82) is 0 Å². The zero-order valence-corrected chi connectivity index (χ0v) is 16.5. The van der Waals surface area contributed by atoms with E-state index in [1.807, 2.05) is 0 Å². The molecule has 0 spiro atoms. The van der Waals surface area contributed by atoms with Gasteiger partial charge in [-0.05, 0) is 36.4 Å². The molecule has 6 nitrogen and oxygen atoms in total. The highest BCUT2D eigenvalue weighted by atomic mass is 35.5. The van der Waals surface area contributed by atoms with Crippen LogP contribution in [0, 0.1) is 0 Å². The van der Waals surface area contributed by atoms with Crippen molar-refractivity contribution in [1.82, 2.24) is 14.8 Å². The largest absolute Gasteiger partial charge is 0.573 e. The number of hydrogen-bond donors (Lipinski definition) is 1. The molecular formula is C18H14ClF3N4O2S. The van der Waals surface area contributed by atoms with E-state index in [0.29, 0.717) is 16.0 Å². The fourth-order valence-electron chi connectivity index (χ4n) is 2.39. The number of halogens is 4. The summed E-state index contributed by atoms with van der Waals surface area (Å²) in [5, 5.41) is 11.6. The second-order valence-electron chi connectivity index (χ2n) is 5.75. The average Bonchev–Trinajstić information content (AvgIpc) is 3.02. The molecule has 1 heterocycles. The number of para-hydroxylation sites is 2. The second kappa shape index (κ2) is 8.75. The second-order valence-corrected chi connectivity index (χ2v) is 7.13. The lowest BCUT2D eigenvalue weighted by Crippen LogP contribution is -2.20. The Bertz CT molecular complexity index is 1010. The molecule has 3 aromatic rings. The summed E-state index contributed by atoms with van der Waals surface area (Å²) in [7, 11) is 1.75. The number of benzene rings is 2. The van der Waals surface area contributed by atoms with Gasteiger partial charge in [-0.2, -0.15) is 0 Å². The molecule has 0 aliphatic carbocycles. The highest BCUT2D eigenvalue weighted by Gasteiger charge is 2.32. The summed E-state index contributed by atoms with van der Waals surface area (Å²) in [6.07, 6.45) is -4.85. The number of thioether (sulfide) groups is 1. The Hall–Kier alpha value is -2.72. The van der Waals surface area contributed by atoms with Crippen LogP contribution in [0.3, 0.4) is 0 Å². The van der Waals surface area contributed by atoms with Gasteiger partial charge in [0.2, 0.25) is 5.91 Å². The van der Waals surface area contributed by atoms with Crippen LogP contribution in [0.4, 0.5) is 18.9 Å². The fourth-order valence-corrected chi connectivity index (χ4v) is 3.23. The minimum atomic E-state index is -4.85. The van der Waals surface area contributed by atoms with Crippen LogP contribution in [-0.2, 0) is 11.8 Å². The van der Waals surface area contributed by atoms with E-state index in [1.54, 1.807) is 35.9 Å². The Kier molecular flexibility index (Phi) is 6.33. The normalized spacial score (nSPS) is 11.3. The van der Waals surface area contributed by atoms with Crippen molar-refractivity contribution in [3.05, 3.63) is 53.6 Å². The number of alkyl halides is 3. The Morgan fingerprint density at radius 3 is 2.55 bits per heavy atom. The molecule has 3 rings (SSSR count). The van der Waals surface area contributed by atoms with Crippen molar-refractivity contribution in [2.45, 2.75) is 11.5 Å². The van der Waals surface area contributed by atoms with Crippen molar-refractivity contribution in [2.24, 2.45) is 7.05 Å². The van der Waals surface area contributed by atoms with E-state index in [0.717, 1.165) is 23.4 Å². The van der Waals surface area contributed by atoms with Crippen LogP contribution in [-0.4, -0.2) is 32.8 Å². The standard InChI is InChI=1S/C18H14ClF3N4O2S/c1-26-16(11-6-8-12(19)9-7-11)24-25-17(26)29-10-15(27)23-13-4-2-3-5-14(13)28-18(20,21)22/h2-9H,10H2,1H3,(H,23,27). The Labute approximate surface area is 173 Å². The van der Waals surface area contributed by atoms with E-state index in [1.165, 1.54) is 18.2 Å². The third kappa shape index (κ3) is 5.64. The minimum Gasteiger partial charge on any atom is -0.404 e. The molecule has 1 aromatic heterocycles. The Morgan fingerprint density at radius 2 is 1.86 bits per heavy atom. The molecule has 1 N–H and O–H groups in total. The number of carbonyl (C=O) groups is 1. The molecule has 0 saturated heterocycles. The zero-order chi connectivity index (χ0) is 21.0. The summed E-state index contributed by atoms with van der Waals surface area (Å²) in [5.74, 6) is -0.479. The Morgan fingerprint density at radius 1 is 1.17 bits per heavy atom. The molecule has 0 aliphatic rings. The quantitative estimate of drug-likeness (QED) is 0.557. The molecular weight excluding hydrogens is 429 g/mol. The zero-order valence-electron chi connectivity index (χ0n) is 14.9. The number of amides is 1. The average molecular weight is 443 g/mol. The molecule has 152 valence electrons. The van der Waals surface area contributed by atoms with E-state index in [4.69, 9.17) is 11.6 Å². The van der Waals surface area contributed by atoms with Crippen LogP contribution in [0.1, 0.15) is 0 Å². The van der Waals surface area contributed by atoms with Crippen LogP contribution < -0.4 is 10.1 Å². The highest BCUT2D eigenvalue weighted by molar-refractivity contribution is 7.99. The Balaban J connectivity index is 1.64. The summed E-state index contributed by atoms with van der Waals surface area (Å²) in [6, 6.07) is 12.4. The van der Waals surface area contributed by atoms with Gasteiger partial charge >= 0.3 is 6.36 Å². The third-order valence-electron chi connectivity index (χ3n) is 3.66. The number of hydrogen-bond acceptors (Lipinski definition) is 5. The molecule has 2 aromatic carbocycles. The first-order valence-electron chi connectivity index (χ1n) is 8.16. The molecule has 1 amide bonds. The summed E-state index contributed by atoms with van der Waals surface area (Å²) in [6.45, 7) is 0. The summed E-state index contributed by atoms with van der Waals surface area (Å²) in [4.78, 5) is 12.2. The van der Waals surface area contributed by atoms with E-state index in [2.05, 4.69) is 20.3 Å². The lowest BCUT2D eigenvalue weighted by atomic mass is 10.2. The van der Waals surface area contributed by atoms with E-state index in [9.17, 15) is 18.0 Å². The van der Waals surface area contributed by atoms with Gasteiger partial charge in [0, 0.05) is 17.6 Å². The number of rotatable bonds is 6. The van der Waals surface area contributed by atoms with Crippen LogP contribution in [0.15, 0.2) is 53.7 Å². The summed E-state index contributed by atoms with van der Waals surface area (Å²) >= 11 is 6.98. The van der Waals surface area contributed by atoms with Crippen molar-refractivity contribution in [3.63, 3.8) is 0 Å². The maximum absolute atomic E-state index is 12.5. The van der Waals surface area contributed by atoms with E-state index >= 15 is 0 Å². The van der Waals surface area contributed by atoms with E-state index in [-0.39, 0.29) is 11.4 Å². The molecule has 0 fully saturated rings. The van der Waals surface area contributed by atoms with Gasteiger partial charge in [0.05, 0.1) is 11.4 Å². The van der Waals surface area contributed by atoms with Gasteiger partial charge in [-0.25, -0.2) is 0 Å². The van der Waals surface area contributed by atoms with Crippen molar-refractivity contribution in [2.75, 3.05) is 11.1 Å². The first-order valence-corrected chi connectivity index (χ1v) is 9.52. The van der Waals surface area contributed by atoms with Gasteiger partial charge in [0.15, 0.2) is 16.7 Å². The maximum Gasteiger partial charge on any atom is 0.573 e. The van der Waals surface area contributed by atoms with Crippen LogP contribution in [0.25, 0.3) is 11.4 Å². The van der Waals surface area contributed by atoms with Gasteiger partial charge < -0.3 is 14.6 Å².